The smallest absolute Gasteiger partial charge is 0.222 e. The maximum absolute atomic E-state index is 11.9. The molecule has 1 atom stereocenters. The molecule has 0 heterocycles. The van der Waals surface area contributed by atoms with E-state index in [1.165, 1.54) is 5.56 Å². The summed E-state index contributed by atoms with van der Waals surface area (Å²) in [5.74, 6) is 1.00. The van der Waals surface area contributed by atoms with E-state index in [0.29, 0.717) is 19.6 Å². The van der Waals surface area contributed by atoms with Crippen molar-refractivity contribution in [2.45, 2.75) is 39.2 Å². The van der Waals surface area contributed by atoms with Gasteiger partial charge in [-0.15, -0.1) is 0 Å². The third-order valence-electron chi connectivity index (χ3n) is 3.16. The molecule has 20 heavy (non-hydrogen) atoms. The Balaban J connectivity index is 2.22. The summed E-state index contributed by atoms with van der Waals surface area (Å²) in [6.45, 7) is 5.11. The Labute approximate surface area is 121 Å². The van der Waals surface area contributed by atoms with Crippen molar-refractivity contribution in [1.82, 2.24) is 4.90 Å². The van der Waals surface area contributed by atoms with Gasteiger partial charge in [0.2, 0.25) is 5.91 Å². The Morgan fingerprint density at radius 2 is 2.20 bits per heavy atom. The highest BCUT2D eigenvalue weighted by atomic mass is 16.5. The van der Waals surface area contributed by atoms with E-state index >= 15 is 0 Å². The number of benzene rings is 1. The Morgan fingerprint density at radius 1 is 1.45 bits per heavy atom. The minimum atomic E-state index is 0.151. The van der Waals surface area contributed by atoms with Crippen molar-refractivity contribution in [1.29, 1.82) is 0 Å². The lowest BCUT2D eigenvalue weighted by atomic mass is 10.1. The average molecular weight is 278 g/mol. The van der Waals surface area contributed by atoms with Crippen LogP contribution in [0, 0.1) is 6.92 Å². The van der Waals surface area contributed by atoms with Crippen LogP contribution in [0.5, 0.6) is 5.75 Å². The first-order valence-electron chi connectivity index (χ1n) is 7.18. The minimum absolute atomic E-state index is 0.151. The second-order valence-electron chi connectivity index (χ2n) is 5.35. The van der Waals surface area contributed by atoms with E-state index in [-0.39, 0.29) is 11.9 Å². The van der Waals surface area contributed by atoms with Crippen molar-refractivity contribution in [3.8, 4) is 5.75 Å². The number of carbonyl (C=O) groups is 1. The van der Waals surface area contributed by atoms with Crippen LogP contribution in [0.4, 0.5) is 0 Å². The first-order chi connectivity index (χ1) is 9.49. The van der Waals surface area contributed by atoms with E-state index in [0.717, 1.165) is 18.6 Å². The molecule has 0 aromatic heterocycles. The molecule has 112 valence electrons. The molecule has 0 saturated heterocycles. The number of rotatable bonds is 8. The predicted molar refractivity (Wildman–Crippen MR) is 81.8 cm³/mol. The molecule has 4 heteroatoms. The van der Waals surface area contributed by atoms with Crippen LogP contribution < -0.4 is 10.5 Å². The molecule has 1 amide bonds. The van der Waals surface area contributed by atoms with Crippen LogP contribution in [0.15, 0.2) is 24.3 Å². The van der Waals surface area contributed by atoms with Crippen LogP contribution in [0.2, 0.25) is 0 Å². The molecule has 0 aliphatic rings. The van der Waals surface area contributed by atoms with Gasteiger partial charge in [0.25, 0.3) is 0 Å². The SMILES string of the molecule is Cc1cccc(OCCN(C)C(=O)CCCC(C)N)c1. The highest BCUT2D eigenvalue weighted by Gasteiger charge is 2.08. The summed E-state index contributed by atoms with van der Waals surface area (Å²) in [5, 5.41) is 0. The molecule has 0 bridgehead atoms. The summed E-state index contributed by atoms with van der Waals surface area (Å²) in [6, 6.07) is 8.08. The number of hydrogen-bond acceptors (Lipinski definition) is 3. The van der Waals surface area contributed by atoms with E-state index in [4.69, 9.17) is 10.5 Å². The Morgan fingerprint density at radius 3 is 2.85 bits per heavy atom. The van der Waals surface area contributed by atoms with Gasteiger partial charge in [0.05, 0.1) is 6.54 Å². The molecule has 0 spiro atoms. The molecule has 4 nitrogen and oxygen atoms in total. The summed E-state index contributed by atoms with van der Waals surface area (Å²) in [4.78, 5) is 13.6. The number of nitrogens with zero attached hydrogens (tertiary/aromatic N) is 1. The Bertz CT molecular complexity index is 419. The topological polar surface area (TPSA) is 55.6 Å². The standard InChI is InChI=1S/C16H26N2O2/c1-13-6-4-8-15(12-13)20-11-10-18(3)16(19)9-5-7-14(2)17/h4,6,8,12,14H,5,7,9-11,17H2,1-3H3. The monoisotopic (exact) mass is 278 g/mol. The first-order valence-corrected chi connectivity index (χ1v) is 7.18. The van der Waals surface area contributed by atoms with Crippen molar-refractivity contribution < 1.29 is 9.53 Å². The second kappa shape index (κ2) is 8.59. The maximum atomic E-state index is 11.9. The van der Waals surface area contributed by atoms with Gasteiger partial charge in [0.1, 0.15) is 12.4 Å². The fourth-order valence-corrected chi connectivity index (χ4v) is 1.90. The fourth-order valence-electron chi connectivity index (χ4n) is 1.90. The Hall–Kier alpha value is -1.55. The number of hydrogen-bond donors (Lipinski definition) is 1. The zero-order valence-corrected chi connectivity index (χ0v) is 12.8. The number of nitrogens with two attached hydrogens (primary N) is 1. The molecule has 0 radical (unpaired) electrons. The highest BCUT2D eigenvalue weighted by Crippen LogP contribution is 2.12. The van der Waals surface area contributed by atoms with Crippen molar-refractivity contribution >= 4 is 5.91 Å². The van der Waals surface area contributed by atoms with Gasteiger partial charge in [-0.1, -0.05) is 12.1 Å². The van der Waals surface area contributed by atoms with Gasteiger partial charge in [-0.3, -0.25) is 4.79 Å². The molecule has 0 aliphatic heterocycles. The zero-order valence-electron chi connectivity index (χ0n) is 12.8. The van der Waals surface area contributed by atoms with Gasteiger partial charge < -0.3 is 15.4 Å². The van der Waals surface area contributed by atoms with Crippen LogP contribution in [-0.4, -0.2) is 37.0 Å². The normalized spacial score (nSPS) is 12.0. The number of amides is 1. The molecular formula is C16H26N2O2. The minimum Gasteiger partial charge on any atom is -0.492 e. The number of ether oxygens (including phenoxy) is 1. The van der Waals surface area contributed by atoms with Gasteiger partial charge in [-0.05, 0) is 44.4 Å². The third-order valence-corrected chi connectivity index (χ3v) is 3.16. The Kier molecular flexibility index (Phi) is 7.09. The van der Waals surface area contributed by atoms with E-state index in [1.807, 2.05) is 45.2 Å². The van der Waals surface area contributed by atoms with Crippen molar-refractivity contribution in [2.75, 3.05) is 20.2 Å². The molecular weight excluding hydrogens is 252 g/mol. The van der Waals surface area contributed by atoms with E-state index < -0.39 is 0 Å². The largest absolute Gasteiger partial charge is 0.492 e. The number of likely N-dealkylation sites (N-methyl/N-ethyl adjacent to an activating group) is 1. The van der Waals surface area contributed by atoms with Gasteiger partial charge in [-0.25, -0.2) is 0 Å². The predicted octanol–water partition coefficient (Wildman–Crippen LogP) is 2.35. The third kappa shape index (κ3) is 6.57. The van der Waals surface area contributed by atoms with Crippen LogP contribution in [0.3, 0.4) is 0 Å². The molecule has 1 aromatic carbocycles. The number of aryl methyl sites for hydroxylation is 1. The van der Waals surface area contributed by atoms with Crippen molar-refractivity contribution in [3.05, 3.63) is 29.8 Å². The van der Waals surface area contributed by atoms with Crippen LogP contribution in [0.1, 0.15) is 31.7 Å². The zero-order chi connectivity index (χ0) is 15.0. The maximum Gasteiger partial charge on any atom is 0.222 e. The van der Waals surface area contributed by atoms with Gasteiger partial charge in [0, 0.05) is 19.5 Å². The number of carbonyl (C=O) groups excluding carboxylic acids is 1. The van der Waals surface area contributed by atoms with Crippen LogP contribution >= 0.6 is 0 Å². The summed E-state index contributed by atoms with van der Waals surface area (Å²) in [5.41, 5.74) is 6.84. The van der Waals surface area contributed by atoms with E-state index in [9.17, 15) is 4.79 Å². The molecule has 0 fully saturated rings. The summed E-state index contributed by atoms with van der Waals surface area (Å²) in [7, 11) is 1.81. The lowest BCUT2D eigenvalue weighted by molar-refractivity contribution is -0.130. The van der Waals surface area contributed by atoms with Crippen LogP contribution in [-0.2, 0) is 4.79 Å². The molecule has 2 N–H and O–H groups in total. The molecule has 1 unspecified atom stereocenters. The van der Waals surface area contributed by atoms with Crippen molar-refractivity contribution in [3.63, 3.8) is 0 Å². The summed E-state index contributed by atoms with van der Waals surface area (Å²) in [6.07, 6.45) is 2.29. The van der Waals surface area contributed by atoms with Gasteiger partial charge in [0.15, 0.2) is 0 Å². The van der Waals surface area contributed by atoms with E-state index in [2.05, 4.69) is 0 Å². The lowest BCUT2D eigenvalue weighted by Gasteiger charge is -2.18. The van der Waals surface area contributed by atoms with E-state index in [1.54, 1.807) is 4.90 Å². The van der Waals surface area contributed by atoms with Crippen LogP contribution in [0.25, 0.3) is 0 Å². The van der Waals surface area contributed by atoms with Gasteiger partial charge >= 0.3 is 0 Å². The first kappa shape index (κ1) is 16.5. The molecule has 0 aliphatic carbocycles. The fraction of sp³-hybridized carbons (Fsp3) is 0.562. The lowest BCUT2D eigenvalue weighted by Crippen LogP contribution is -2.31. The quantitative estimate of drug-likeness (QED) is 0.794. The van der Waals surface area contributed by atoms with Crippen molar-refractivity contribution in [2.24, 2.45) is 5.73 Å². The summed E-state index contributed by atoms with van der Waals surface area (Å²) >= 11 is 0. The average Bonchev–Trinajstić information content (AvgIpc) is 2.38. The second-order valence-corrected chi connectivity index (χ2v) is 5.35. The molecule has 1 rings (SSSR count). The highest BCUT2D eigenvalue weighted by molar-refractivity contribution is 5.75. The molecule has 1 aromatic rings. The summed E-state index contributed by atoms with van der Waals surface area (Å²) < 4.78 is 5.64. The van der Waals surface area contributed by atoms with Gasteiger partial charge in [-0.2, -0.15) is 0 Å². The molecule has 0 saturated carbocycles.